The Hall–Kier alpha value is -0.00312. The van der Waals surface area contributed by atoms with Gasteiger partial charge in [-0.25, -0.2) is 0 Å². The van der Waals surface area contributed by atoms with Crippen molar-refractivity contribution in [2.45, 2.75) is 19.6 Å². The molecule has 0 aromatic rings. The van der Waals surface area contributed by atoms with Crippen LogP contribution in [0.3, 0.4) is 0 Å². The van der Waals surface area contributed by atoms with Gasteiger partial charge in [-0.15, -0.1) is 0 Å². The summed E-state index contributed by atoms with van der Waals surface area (Å²) in [5, 5.41) is 0. The molecule has 0 nitrogen and oxygen atoms in total. The van der Waals surface area contributed by atoms with Crippen LogP contribution in [0.1, 0.15) is 0 Å². The Morgan fingerprint density at radius 3 is 1.50 bits per heavy atom. The summed E-state index contributed by atoms with van der Waals surface area (Å²) in [5.41, 5.74) is 2.49. The molecule has 0 saturated carbocycles. The topological polar surface area (TPSA) is 0 Å². The number of hydrogen-bond acceptors (Lipinski definition) is 0. The van der Waals surface area contributed by atoms with Gasteiger partial charge in [0.2, 0.25) is 0 Å². The summed E-state index contributed by atoms with van der Waals surface area (Å²) < 4.78 is 0. The third-order valence-corrected chi connectivity index (χ3v) is 1.12. The van der Waals surface area contributed by atoms with Crippen LogP contribution in [0.5, 0.6) is 0 Å². The Morgan fingerprint density at radius 1 is 1.33 bits per heavy atom. The second-order valence-electron chi connectivity index (χ2n) is 2.38. The first-order valence-corrected chi connectivity index (χ1v) is 5.50. The molecule has 0 aliphatic carbocycles. The zero-order chi connectivity index (χ0) is 5.21. The first-order chi connectivity index (χ1) is 2.56. The maximum absolute atomic E-state index is 6.67. The molecule has 0 radical (unpaired) electrons. The van der Waals surface area contributed by atoms with Crippen LogP contribution >= 0.6 is 0 Å². The molecule has 0 aliphatic rings. The summed E-state index contributed by atoms with van der Waals surface area (Å²) in [6, 6.07) is 0. The van der Waals surface area contributed by atoms with Crippen LogP contribution in [-0.4, -0.2) is 8.07 Å². The van der Waals surface area contributed by atoms with Gasteiger partial charge < -0.3 is 0 Å². The van der Waals surface area contributed by atoms with Gasteiger partial charge in [-0.3, -0.25) is 0 Å². The van der Waals surface area contributed by atoms with Crippen LogP contribution < -0.4 is 0 Å². The van der Waals surface area contributed by atoms with E-state index in [0.717, 1.165) is 0 Å². The summed E-state index contributed by atoms with van der Waals surface area (Å²) in [4.78, 5) is 0. The number of rotatable bonds is 0. The molecule has 0 atom stereocenters. The Balaban J connectivity index is 3.55. The van der Waals surface area contributed by atoms with E-state index in [1.165, 1.54) is 0 Å². The van der Waals surface area contributed by atoms with E-state index >= 15 is 0 Å². The van der Waals surface area contributed by atoms with Crippen molar-refractivity contribution < 1.29 is 0 Å². The molecule has 0 N–H and O–H groups in total. The van der Waals surface area contributed by atoms with Crippen molar-refractivity contribution in [1.82, 2.24) is 0 Å². The molecule has 0 aromatic heterocycles. The van der Waals surface area contributed by atoms with E-state index in [0.29, 0.717) is 0 Å². The van der Waals surface area contributed by atoms with Crippen molar-refractivity contribution in [3.63, 3.8) is 0 Å². The van der Waals surface area contributed by atoms with Crippen molar-refractivity contribution >= 4 is 8.07 Å². The maximum atomic E-state index is 6.67. The van der Waals surface area contributed by atoms with Crippen LogP contribution in [0.25, 0.3) is 0 Å². The van der Waals surface area contributed by atoms with E-state index in [2.05, 4.69) is 25.2 Å². The third-order valence-electron chi connectivity index (χ3n) is 0.375. The fourth-order valence-electron chi connectivity index (χ4n) is 0. The van der Waals surface area contributed by atoms with Crippen LogP contribution in [0, 0.1) is 12.0 Å². The predicted octanol–water partition coefficient (Wildman–Crippen LogP) is 1.45. The molecule has 0 spiro atoms. The van der Waals surface area contributed by atoms with E-state index in [-0.39, 0.29) is 0 Å². The van der Waals surface area contributed by atoms with Crippen molar-refractivity contribution in [2.75, 3.05) is 0 Å². The van der Waals surface area contributed by atoms with Crippen molar-refractivity contribution in [2.24, 2.45) is 0 Å². The van der Waals surface area contributed by atoms with Gasteiger partial charge in [0.25, 0.3) is 0 Å². The summed E-state index contributed by atoms with van der Waals surface area (Å²) in [7, 11) is -1.21. The molecule has 6 heavy (non-hydrogen) atoms. The van der Waals surface area contributed by atoms with E-state index in [1.807, 2.05) is 0 Å². The van der Waals surface area contributed by atoms with Crippen LogP contribution in [0.2, 0.25) is 19.6 Å². The predicted molar refractivity (Wildman–Crippen MR) is 30.5 cm³/mol. The standard InChI is InChI=1S/C5H9Si/c1-5-6(2,3)4/h2-4H3/q+1. The molecule has 0 unspecified atom stereocenters. The monoisotopic (exact) mass is 97.0 g/mol. The first kappa shape index (κ1) is 6.00. The van der Waals surface area contributed by atoms with Crippen LogP contribution in [-0.2, 0) is 0 Å². The minimum atomic E-state index is -1.21. The average molecular weight is 97.2 g/mol. The van der Waals surface area contributed by atoms with Crippen molar-refractivity contribution in [1.29, 1.82) is 0 Å². The molecule has 0 aliphatic heterocycles. The third kappa shape index (κ3) is 4.00. The van der Waals surface area contributed by atoms with Crippen LogP contribution in [0.15, 0.2) is 0 Å². The molecule has 1 heteroatoms. The zero-order valence-electron chi connectivity index (χ0n) is 4.50. The van der Waals surface area contributed by atoms with Gasteiger partial charge in [0.05, 0.1) is 0 Å². The van der Waals surface area contributed by atoms with Gasteiger partial charge in [0.15, 0.2) is 0 Å². The SMILES string of the molecule is [C+]#C[Si](C)(C)C. The van der Waals surface area contributed by atoms with Gasteiger partial charge in [-0.2, -0.15) is 0 Å². The zero-order valence-corrected chi connectivity index (χ0v) is 5.50. The molecule has 0 bridgehead atoms. The summed E-state index contributed by atoms with van der Waals surface area (Å²) in [6.45, 7) is 6.25. The molecule has 0 saturated heterocycles. The Bertz CT molecular complexity index is 70.9. The normalized spacial score (nSPS) is 10.8. The molecular formula is C5H9Si+. The second kappa shape index (κ2) is 1.63. The van der Waals surface area contributed by atoms with E-state index in [4.69, 9.17) is 6.42 Å². The molecule has 0 fully saturated rings. The van der Waals surface area contributed by atoms with Gasteiger partial charge in [-0.1, -0.05) is 0 Å². The molecule has 0 aromatic carbocycles. The molecule has 0 rings (SSSR count). The molecule has 0 heterocycles. The van der Waals surface area contributed by atoms with Crippen molar-refractivity contribution in [3.8, 4) is 5.54 Å². The number of hydrogen-bond donors (Lipinski definition) is 0. The van der Waals surface area contributed by atoms with E-state index < -0.39 is 8.07 Å². The summed E-state index contributed by atoms with van der Waals surface area (Å²) >= 11 is 0. The minimum absolute atomic E-state index is 1.21. The molecule has 32 valence electrons. The second-order valence-corrected chi connectivity index (χ2v) is 7.12. The van der Waals surface area contributed by atoms with E-state index in [1.54, 1.807) is 0 Å². The summed E-state index contributed by atoms with van der Waals surface area (Å²) in [5.74, 6) is 0. The quantitative estimate of drug-likeness (QED) is 0.244. The fourth-order valence-corrected chi connectivity index (χ4v) is 0. The van der Waals surface area contributed by atoms with Gasteiger partial charge >= 0.3 is 39.7 Å². The van der Waals surface area contributed by atoms with Gasteiger partial charge in [0.1, 0.15) is 0 Å². The van der Waals surface area contributed by atoms with Crippen molar-refractivity contribution in [3.05, 3.63) is 6.42 Å². The summed E-state index contributed by atoms with van der Waals surface area (Å²) in [6.07, 6.45) is 6.67. The molecule has 0 amide bonds. The Labute approximate surface area is 40.6 Å². The Kier molecular flexibility index (Phi) is 1.63. The molecular weight excluding hydrogens is 88.1 g/mol. The average Bonchev–Trinajstić information content (AvgIpc) is 1.35. The first-order valence-electron chi connectivity index (χ1n) is 2.00. The Morgan fingerprint density at radius 2 is 1.50 bits per heavy atom. The fraction of sp³-hybridized carbons (Fsp3) is 0.600. The van der Waals surface area contributed by atoms with Gasteiger partial charge in [0, 0.05) is 0 Å². The van der Waals surface area contributed by atoms with Crippen LogP contribution in [0.4, 0.5) is 0 Å². The van der Waals surface area contributed by atoms with Gasteiger partial charge in [-0.05, 0) is 0 Å². The van der Waals surface area contributed by atoms with E-state index in [9.17, 15) is 0 Å².